The van der Waals surface area contributed by atoms with Crippen molar-refractivity contribution >= 4 is 45.8 Å². The molecule has 1 heterocycles. The van der Waals surface area contributed by atoms with Gasteiger partial charge in [0.15, 0.2) is 0 Å². The highest BCUT2D eigenvalue weighted by Crippen LogP contribution is 2.27. The van der Waals surface area contributed by atoms with Crippen molar-refractivity contribution in [2.24, 2.45) is 7.05 Å². The fourth-order valence-corrected chi connectivity index (χ4v) is 3.92. The molecule has 0 aliphatic carbocycles. The number of nitrogens with one attached hydrogen (secondary N) is 1. The molecule has 0 bridgehead atoms. The van der Waals surface area contributed by atoms with Crippen LogP contribution in [0.1, 0.15) is 43.5 Å². The Labute approximate surface area is 178 Å². The second kappa shape index (κ2) is 11.5. The molecule has 0 aliphatic heterocycles. The Balaban J connectivity index is 2.05. The number of halogens is 2. The number of imidazole rings is 1. The number of amides is 1. The molecule has 0 aliphatic rings. The van der Waals surface area contributed by atoms with Crippen LogP contribution in [-0.4, -0.2) is 47.4 Å². The van der Waals surface area contributed by atoms with Gasteiger partial charge in [-0.2, -0.15) is 0 Å². The van der Waals surface area contributed by atoms with Crippen LogP contribution in [0.15, 0.2) is 12.1 Å². The number of unbranched alkanes of at least 4 members (excludes halogenated alkanes) is 3. The molecule has 1 aromatic carbocycles. The lowest BCUT2D eigenvalue weighted by atomic mass is 10.1. The van der Waals surface area contributed by atoms with E-state index in [1.165, 1.54) is 5.56 Å². The van der Waals surface area contributed by atoms with Crippen LogP contribution >= 0.6 is 23.2 Å². The predicted octanol–water partition coefficient (Wildman–Crippen LogP) is 4.40. The molecule has 1 amide bonds. The minimum absolute atomic E-state index is 0.124. The van der Waals surface area contributed by atoms with Crippen LogP contribution in [0.3, 0.4) is 0 Å². The highest BCUT2D eigenvalue weighted by atomic mass is 35.5. The smallest absolute Gasteiger partial charge is 0.219 e. The van der Waals surface area contributed by atoms with Gasteiger partial charge in [0.25, 0.3) is 0 Å². The van der Waals surface area contributed by atoms with Crippen LogP contribution in [-0.2, 0) is 18.3 Å². The van der Waals surface area contributed by atoms with E-state index < -0.39 is 0 Å². The summed E-state index contributed by atoms with van der Waals surface area (Å²) in [7, 11) is 3.78. The molecular weight excluding hydrogens is 395 g/mol. The summed E-state index contributed by atoms with van der Waals surface area (Å²) < 4.78 is 2.20. The van der Waals surface area contributed by atoms with E-state index in [1.807, 2.05) is 0 Å². The lowest BCUT2D eigenvalue weighted by molar-refractivity contribution is -0.120. The molecule has 5 nitrogen and oxygen atoms in total. The number of benzene rings is 1. The number of rotatable bonds is 12. The van der Waals surface area contributed by atoms with Crippen LogP contribution in [0.2, 0.25) is 0 Å². The zero-order valence-electron chi connectivity index (χ0n) is 17.2. The molecule has 0 spiro atoms. The number of alkyl halides is 2. The first-order valence-electron chi connectivity index (χ1n) is 10.0. The van der Waals surface area contributed by atoms with Crippen LogP contribution in [0.4, 0.5) is 5.69 Å². The summed E-state index contributed by atoms with van der Waals surface area (Å²) in [6, 6.07) is 4.37. The molecule has 156 valence electrons. The summed E-state index contributed by atoms with van der Waals surface area (Å²) in [5, 5.41) is 2.67. The van der Waals surface area contributed by atoms with E-state index >= 15 is 0 Å². The van der Waals surface area contributed by atoms with E-state index in [0.717, 1.165) is 67.7 Å². The van der Waals surface area contributed by atoms with Crippen LogP contribution in [0.5, 0.6) is 0 Å². The van der Waals surface area contributed by atoms with Crippen molar-refractivity contribution in [1.82, 2.24) is 14.9 Å². The maximum absolute atomic E-state index is 11.3. The fourth-order valence-electron chi connectivity index (χ4n) is 3.51. The van der Waals surface area contributed by atoms with Crippen molar-refractivity contribution < 1.29 is 4.79 Å². The Morgan fingerprint density at radius 2 is 1.82 bits per heavy atom. The van der Waals surface area contributed by atoms with Crippen molar-refractivity contribution in [3.05, 3.63) is 23.5 Å². The number of carbonyl (C=O) groups is 1. The van der Waals surface area contributed by atoms with Gasteiger partial charge < -0.3 is 14.8 Å². The third-order valence-corrected chi connectivity index (χ3v) is 5.50. The molecular formula is C21H32Cl2N4O. The lowest BCUT2D eigenvalue weighted by Crippen LogP contribution is -2.27. The van der Waals surface area contributed by atoms with Gasteiger partial charge >= 0.3 is 0 Å². The molecule has 0 radical (unpaired) electrons. The Kier molecular flexibility index (Phi) is 9.39. The first-order valence-corrected chi connectivity index (χ1v) is 11.1. The van der Waals surface area contributed by atoms with E-state index in [1.54, 1.807) is 7.05 Å². The minimum atomic E-state index is 0.124. The summed E-state index contributed by atoms with van der Waals surface area (Å²) in [6.45, 7) is 3.67. The van der Waals surface area contributed by atoms with E-state index in [4.69, 9.17) is 28.2 Å². The topological polar surface area (TPSA) is 50.2 Å². The quantitative estimate of drug-likeness (QED) is 0.403. The molecule has 2 aromatic rings. The molecule has 0 atom stereocenters. The molecule has 0 saturated carbocycles. The number of aromatic nitrogens is 2. The van der Waals surface area contributed by atoms with Crippen molar-refractivity contribution in [2.75, 3.05) is 36.8 Å². The largest absolute Gasteiger partial charge is 0.369 e. The number of hydrogen-bond donors (Lipinski definition) is 1. The number of carbonyl (C=O) groups excluding carboxylic acids is 1. The van der Waals surface area contributed by atoms with Gasteiger partial charge in [0.1, 0.15) is 5.82 Å². The summed E-state index contributed by atoms with van der Waals surface area (Å²) in [6.07, 6.45) is 5.79. The standard InChI is InChI=1S/C21H32Cl2N4O/c1-16-14-17(27(12-10-22)13-11-23)15-18-21(16)25-19(26(18)3)8-6-4-5-7-9-20(28)24-2/h14-15H,4-13H2,1-3H3,(H,24,28). The number of nitrogens with zero attached hydrogens (tertiary/aromatic N) is 3. The van der Waals surface area contributed by atoms with Crippen molar-refractivity contribution in [3.63, 3.8) is 0 Å². The average Bonchev–Trinajstić information content (AvgIpc) is 3.00. The van der Waals surface area contributed by atoms with Crippen LogP contribution in [0, 0.1) is 6.92 Å². The van der Waals surface area contributed by atoms with Gasteiger partial charge in [0.2, 0.25) is 5.91 Å². The van der Waals surface area contributed by atoms with Crippen LogP contribution in [0.25, 0.3) is 11.0 Å². The molecule has 7 heteroatoms. The van der Waals surface area contributed by atoms with Gasteiger partial charge in [0.05, 0.1) is 11.0 Å². The Morgan fingerprint density at radius 3 is 2.46 bits per heavy atom. The predicted molar refractivity (Wildman–Crippen MR) is 120 cm³/mol. The van der Waals surface area contributed by atoms with Crippen molar-refractivity contribution in [3.8, 4) is 0 Å². The monoisotopic (exact) mass is 426 g/mol. The molecule has 1 aromatic heterocycles. The third kappa shape index (κ3) is 6.02. The molecule has 0 unspecified atom stereocenters. The van der Waals surface area contributed by atoms with E-state index in [0.29, 0.717) is 18.2 Å². The Hall–Kier alpha value is -1.46. The Morgan fingerprint density at radius 1 is 1.14 bits per heavy atom. The maximum atomic E-state index is 11.3. The highest BCUT2D eigenvalue weighted by Gasteiger charge is 2.14. The second-order valence-corrected chi connectivity index (χ2v) is 7.93. The summed E-state index contributed by atoms with van der Waals surface area (Å²) in [5.74, 6) is 2.39. The molecule has 1 N–H and O–H groups in total. The second-order valence-electron chi connectivity index (χ2n) is 7.17. The first-order chi connectivity index (χ1) is 13.5. The Bertz CT molecular complexity index is 769. The maximum Gasteiger partial charge on any atom is 0.219 e. The van der Waals surface area contributed by atoms with Gasteiger partial charge in [0, 0.05) is 57.5 Å². The van der Waals surface area contributed by atoms with Gasteiger partial charge in [-0.1, -0.05) is 12.8 Å². The number of anilines is 1. The van der Waals surface area contributed by atoms with Crippen molar-refractivity contribution in [2.45, 2.75) is 45.4 Å². The van der Waals surface area contributed by atoms with Gasteiger partial charge in [-0.05, 0) is 37.5 Å². The zero-order chi connectivity index (χ0) is 20.5. The number of fused-ring (bicyclic) bond motifs is 1. The fraction of sp³-hybridized carbons (Fsp3) is 0.619. The van der Waals surface area contributed by atoms with Gasteiger partial charge in [-0.3, -0.25) is 4.79 Å². The molecule has 0 fully saturated rings. The number of hydrogen-bond acceptors (Lipinski definition) is 3. The van der Waals surface area contributed by atoms with E-state index in [2.05, 4.69) is 40.9 Å². The normalized spacial score (nSPS) is 11.2. The van der Waals surface area contributed by atoms with Gasteiger partial charge in [-0.25, -0.2) is 4.98 Å². The third-order valence-electron chi connectivity index (χ3n) is 5.16. The van der Waals surface area contributed by atoms with Crippen molar-refractivity contribution in [1.29, 1.82) is 0 Å². The number of aryl methyl sites for hydroxylation is 3. The summed E-state index contributed by atoms with van der Waals surface area (Å²) in [4.78, 5) is 18.4. The van der Waals surface area contributed by atoms with Crippen LogP contribution < -0.4 is 10.2 Å². The average molecular weight is 427 g/mol. The summed E-state index contributed by atoms with van der Waals surface area (Å²) in [5.41, 5.74) is 4.54. The lowest BCUT2D eigenvalue weighted by Gasteiger charge is -2.23. The molecule has 28 heavy (non-hydrogen) atoms. The molecule has 2 rings (SSSR count). The minimum Gasteiger partial charge on any atom is -0.369 e. The first kappa shape index (κ1) is 22.8. The highest BCUT2D eigenvalue weighted by molar-refractivity contribution is 6.18. The molecule has 0 saturated heterocycles. The summed E-state index contributed by atoms with van der Waals surface area (Å²) >= 11 is 11.9. The van der Waals surface area contributed by atoms with E-state index in [-0.39, 0.29) is 5.91 Å². The zero-order valence-corrected chi connectivity index (χ0v) is 18.7. The SMILES string of the molecule is CNC(=O)CCCCCCc1nc2c(C)cc(N(CCCl)CCCl)cc2n1C. The van der Waals surface area contributed by atoms with Gasteiger partial charge in [-0.15, -0.1) is 23.2 Å². The van der Waals surface area contributed by atoms with E-state index in [9.17, 15) is 4.79 Å².